The molecule has 3 N–H and O–H groups in total. The van der Waals surface area contributed by atoms with Crippen LogP contribution >= 0.6 is 11.6 Å². The Labute approximate surface area is 192 Å². The highest BCUT2D eigenvalue weighted by atomic mass is 35.5. The van der Waals surface area contributed by atoms with Gasteiger partial charge < -0.3 is 10.6 Å². The highest BCUT2D eigenvalue weighted by Crippen LogP contribution is 2.26. The van der Waals surface area contributed by atoms with E-state index in [0.29, 0.717) is 23.6 Å². The van der Waals surface area contributed by atoms with Crippen molar-refractivity contribution < 1.29 is 9.59 Å². The number of carbonyl (C=O) groups excluding carboxylic acids is 2. The molecular weight excluding hydrogens is 424 g/mol. The largest absolute Gasteiger partial charge is 0.355 e. The standard InChI is InChI=1S/C25H25ClN4O2/c1-17-8-9-18(2)23(14-17)29-22-11-10-21(26)15-20(22)16-28-30-25(32)24(31)27-13-12-19-6-4-3-5-7-19/h3-11,14-16,29H,12-13H2,1-2H3,(H,27,31)(H,30,32)/b28-16-. The molecule has 0 aromatic heterocycles. The Morgan fingerprint density at radius 2 is 1.72 bits per heavy atom. The summed E-state index contributed by atoms with van der Waals surface area (Å²) >= 11 is 6.14. The number of benzene rings is 3. The van der Waals surface area contributed by atoms with Crippen molar-refractivity contribution in [3.8, 4) is 0 Å². The number of amides is 2. The van der Waals surface area contributed by atoms with Crippen LogP contribution in [0.5, 0.6) is 0 Å². The van der Waals surface area contributed by atoms with Gasteiger partial charge in [0, 0.05) is 28.5 Å². The predicted molar refractivity (Wildman–Crippen MR) is 130 cm³/mol. The first-order valence-corrected chi connectivity index (χ1v) is 10.6. The second-order valence-electron chi connectivity index (χ2n) is 7.37. The number of nitrogens with zero attached hydrogens (tertiary/aromatic N) is 1. The Morgan fingerprint density at radius 3 is 2.50 bits per heavy atom. The van der Waals surface area contributed by atoms with E-state index in [4.69, 9.17) is 11.6 Å². The maximum absolute atomic E-state index is 12.0. The molecule has 3 aromatic carbocycles. The molecule has 0 aliphatic rings. The second kappa shape index (κ2) is 11.1. The number of aryl methyl sites for hydroxylation is 2. The highest BCUT2D eigenvalue weighted by Gasteiger charge is 2.12. The summed E-state index contributed by atoms with van der Waals surface area (Å²) < 4.78 is 0. The average molecular weight is 449 g/mol. The van der Waals surface area contributed by atoms with Gasteiger partial charge in [0.15, 0.2) is 0 Å². The van der Waals surface area contributed by atoms with Crippen LogP contribution in [0.25, 0.3) is 0 Å². The molecule has 0 fully saturated rings. The van der Waals surface area contributed by atoms with Crippen molar-refractivity contribution in [3.63, 3.8) is 0 Å². The number of halogens is 1. The summed E-state index contributed by atoms with van der Waals surface area (Å²) in [4.78, 5) is 24.0. The molecule has 0 saturated heterocycles. The number of hydrogen-bond acceptors (Lipinski definition) is 4. The van der Waals surface area contributed by atoms with Crippen LogP contribution < -0.4 is 16.1 Å². The van der Waals surface area contributed by atoms with Crippen LogP contribution in [0.1, 0.15) is 22.3 Å². The third-order valence-corrected chi connectivity index (χ3v) is 5.03. The third-order valence-electron chi connectivity index (χ3n) is 4.79. The summed E-state index contributed by atoms with van der Waals surface area (Å²) in [6.07, 6.45) is 2.09. The van der Waals surface area contributed by atoms with Gasteiger partial charge in [-0.3, -0.25) is 9.59 Å². The molecule has 32 heavy (non-hydrogen) atoms. The van der Waals surface area contributed by atoms with Gasteiger partial charge in [-0.15, -0.1) is 0 Å². The topological polar surface area (TPSA) is 82.6 Å². The van der Waals surface area contributed by atoms with Crippen LogP contribution in [0.4, 0.5) is 11.4 Å². The number of hydrazone groups is 1. The van der Waals surface area contributed by atoms with E-state index in [-0.39, 0.29) is 0 Å². The number of hydrogen-bond donors (Lipinski definition) is 3. The van der Waals surface area contributed by atoms with Crippen molar-refractivity contribution in [1.29, 1.82) is 0 Å². The fourth-order valence-corrected chi connectivity index (χ4v) is 3.21. The van der Waals surface area contributed by atoms with Gasteiger partial charge in [-0.25, -0.2) is 5.43 Å². The maximum atomic E-state index is 12.0. The molecule has 7 heteroatoms. The van der Waals surface area contributed by atoms with Crippen LogP contribution in [0.2, 0.25) is 5.02 Å². The zero-order chi connectivity index (χ0) is 22.9. The van der Waals surface area contributed by atoms with Gasteiger partial charge in [-0.2, -0.15) is 5.10 Å². The van der Waals surface area contributed by atoms with Crippen molar-refractivity contribution in [2.24, 2.45) is 5.10 Å². The second-order valence-corrected chi connectivity index (χ2v) is 7.80. The molecule has 2 amide bonds. The number of nitrogens with one attached hydrogen (secondary N) is 3. The van der Waals surface area contributed by atoms with Crippen molar-refractivity contribution in [1.82, 2.24) is 10.7 Å². The summed E-state index contributed by atoms with van der Waals surface area (Å²) in [5, 5.41) is 10.4. The molecular formula is C25H25ClN4O2. The quantitative estimate of drug-likeness (QED) is 0.282. The zero-order valence-electron chi connectivity index (χ0n) is 18.0. The number of anilines is 2. The van der Waals surface area contributed by atoms with Crippen LogP contribution in [-0.4, -0.2) is 24.6 Å². The van der Waals surface area contributed by atoms with E-state index in [1.165, 1.54) is 6.21 Å². The molecule has 0 unspecified atom stereocenters. The lowest BCUT2D eigenvalue weighted by Gasteiger charge is -2.13. The van der Waals surface area contributed by atoms with Gasteiger partial charge in [0.2, 0.25) is 0 Å². The molecule has 0 radical (unpaired) electrons. The van der Waals surface area contributed by atoms with E-state index in [1.54, 1.807) is 12.1 Å². The summed E-state index contributed by atoms with van der Waals surface area (Å²) in [6, 6.07) is 21.2. The maximum Gasteiger partial charge on any atom is 0.329 e. The van der Waals surface area contributed by atoms with Gasteiger partial charge in [0.05, 0.1) is 6.21 Å². The van der Waals surface area contributed by atoms with Crippen molar-refractivity contribution in [2.75, 3.05) is 11.9 Å². The number of carbonyl (C=O) groups is 2. The predicted octanol–water partition coefficient (Wildman–Crippen LogP) is 4.51. The smallest absolute Gasteiger partial charge is 0.329 e. The summed E-state index contributed by atoms with van der Waals surface area (Å²) in [7, 11) is 0. The minimum absolute atomic E-state index is 0.359. The monoisotopic (exact) mass is 448 g/mol. The first-order valence-electron chi connectivity index (χ1n) is 10.2. The third kappa shape index (κ3) is 6.68. The molecule has 0 bridgehead atoms. The first-order chi connectivity index (χ1) is 15.4. The van der Waals surface area contributed by atoms with E-state index < -0.39 is 11.8 Å². The van der Waals surface area contributed by atoms with E-state index in [1.807, 2.05) is 68.4 Å². The van der Waals surface area contributed by atoms with Crippen molar-refractivity contribution in [2.45, 2.75) is 20.3 Å². The van der Waals surface area contributed by atoms with E-state index >= 15 is 0 Å². The molecule has 0 heterocycles. The fraction of sp³-hybridized carbons (Fsp3) is 0.160. The fourth-order valence-electron chi connectivity index (χ4n) is 3.03. The van der Waals surface area contributed by atoms with Gasteiger partial charge in [0.1, 0.15) is 0 Å². The molecule has 0 aliphatic heterocycles. The molecule has 0 spiro atoms. The molecule has 6 nitrogen and oxygen atoms in total. The normalized spacial score (nSPS) is 10.7. The average Bonchev–Trinajstić information content (AvgIpc) is 2.78. The molecule has 3 rings (SSSR count). The molecule has 0 aliphatic carbocycles. The van der Waals surface area contributed by atoms with Gasteiger partial charge in [0.25, 0.3) is 0 Å². The Morgan fingerprint density at radius 1 is 0.938 bits per heavy atom. The highest BCUT2D eigenvalue weighted by molar-refractivity contribution is 6.35. The summed E-state index contributed by atoms with van der Waals surface area (Å²) in [5.41, 5.74) is 7.96. The Balaban J connectivity index is 1.59. The van der Waals surface area contributed by atoms with Crippen LogP contribution in [0.15, 0.2) is 71.8 Å². The zero-order valence-corrected chi connectivity index (χ0v) is 18.7. The van der Waals surface area contributed by atoms with Gasteiger partial charge in [-0.05, 0) is 61.2 Å². The van der Waals surface area contributed by atoms with E-state index in [0.717, 1.165) is 28.1 Å². The summed E-state index contributed by atoms with van der Waals surface area (Å²) in [6.45, 7) is 4.40. The number of rotatable bonds is 7. The van der Waals surface area contributed by atoms with E-state index in [2.05, 4.69) is 21.2 Å². The lowest BCUT2D eigenvalue weighted by Crippen LogP contribution is -2.38. The van der Waals surface area contributed by atoms with E-state index in [9.17, 15) is 9.59 Å². The lowest BCUT2D eigenvalue weighted by molar-refractivity contribution is -0.139. The molecule has 0 saturated carbocycles. The van der Waals surface area contributed by atoms with Gasteiger partial charge in [-0.1, -0.05) is 54.1 Å². The van der Waals surface area contributed by atoms with Crippen LogP contribution in [-0.2, 0) is 16.0 Å². The SMILES string of the molecule is Cc1ccc(C)c(Nc2ccc(Cl)cc2/C=N\NC(=O)C(=O)NCCc2ccccc2)c1. The lowest BCUT2D eigenvalue weighted by atomic mass is 10.1. The molecule has 0 atom stereocenters. The van der Waals surface area contributed by atoms with Crippen molar-refractivity contribution >= 4 is 41.0 Å². The molecule has 164 valence electrons. The van der Waals surface area contributed by atoms with Crippen LogP contribution in [0.3, 0.4) is 0 Å². The minimum atomic E-state index is -0.833. The van der Waals surface area contributed by atoms with Gasteiger partial charge >= 0.3 is 11.8 Å². The first kappa shape index (κ1) is 23.0. The molecule has 3 aromatic rings. The Kier molecular flexibility index (Phi) is 8.00. The van der Waals surface area contributed by atoms with Crippen molar-refractivity contribution in [3.05, 3.63) is 94.0 Å². The van der Waals surface area contributed by atoms with Crippen LogP contribution in [0, 0.1) is 13.8 Å². The Bertz CT molecular complexity index is 1130. The summed E-state index contributed by atoms with van der Waals surface area (Å²) in [5.74, 6) is -1.57. The minimum Gasteiger partial charge on any atom is -0.355 e. The Hall–Kier alpha value is -3.64.